The number of ether oxygens (including phenoxy) is 2. The summed E-state index contributed by atoms with van der Waals surface area (Å²) >= 11 is 0. The zero-order valence-corrected chi connectivity index (χ0v) is 9.97. The zero-order chi connectivity index (χ0) is 12.7. The Morgan fingerprint density at radius 2 is 2.06 bits per heavy atom. The lowest BCUT2D eigenvalue weighted by Gasteiger charge is -2.13. The number of carboxylic acid groups (broad SMARTS) is 1. The van der Waals surface area contributed by atoms with Crippen molar-refractivity contribution < 1.29 is 19.4 Å². The summed E-state index contributed by atoms with van der Waals surface area (Å²) < 4.78 is 10.6. The Bertz CT molecular complexity index is 367. The fourth-order valence-electron chi connectivity index (χ4n) is 1.42. The number of aliphatic carboxylic acids is 1. The molecule has 0 aliphatic heterocycles. The number of carbonyl (C=O) groups is 1. The summed E-state index contributed by atoms with van der Waals surface area (Å²) in [5, 5.41) is 11.5. The summed E-state index contributed by atoms with van der Waals surface area (Å²) in [6.07, 6.45) is 0.393. The van der Waals surface area contributed by atoms with Crippen LogP contribution >= 0.6 is 0 Å². The molecule has 1 unspecified atom stereocenters. The van der Waals surface area contributed by atoms with Gasteiger partial charge in [0, 0.05) is 6.42 Å². The van der Waals surface area contributed by atoms with E-state index in [2.05, 4.69) is 5.32 Å². The van der Waals surface area contributed by atoms with Crippen LogP contribution in [0.2, 0.25) is 0 Å². The first-order chi connectivity index (χ1) is 8.19. The lowest BCUT2D eigenvalue weighted by atomic mass is 10.2. The van der Waals surface area contributed by atoms with Crippen LogP contribution in [0.4, 0.5) is 0 Å². The minimum Gasteiger partial charge on any atom is -0.493 e. The molecule has 1 atom stereocenters. The van der Waals surface area contributed by atoms with Gasteiger partial charge in [-0.3, -0.25) is 4.79 Å². The van der Waals surface area contributed by atoms with Crippen LogP contribution in [-0.4, -0.2) is 37.9 Å². The van der Waals surface area contributed by atoms with Crippen LogP contribution in [0.15, 0.2) is 24.3 Å². The van der Waals surface area contributed by atoms with Gasteiger partial charge in [-0.2, -0.15) is 0 Å². The van der Waals surface area contributed by atoms with Gasteiger partial charge in [0.05, 0.1) is 13.7 Å². The molecule has 0 spiro atoms. The van der Waals surface area contributed by atoms with Gasteiger partial charge in [0.1, 0.15) is 6.04 Å². The van der Waals surface area contributed by atoms with Gasteiger partial charge in [0.25, 0.3) is 0 Å². The Morgan fingerprint density at radius 3 is 2.59 bits per heavy atom. The van der Waals surface area contributed by atoms with Crippen LogP contribution in [0.25, 0.3) is 0 Å². The molecule has 0 bridgehead atoms. The predicted octanol–water partition coefficient (Wildman–Crippen LogP) is 1.14. The van der Waals surface area contributed by atoms with Crippen LogP contribution in [0.1, 0.15) is 6.42 Å². The monoisotopic (exact) mass is 239 g/mol. The van der Waals surface area contributed by atoms with Gasteiger partial charge in [-0.05, 0) is 19.2 Å². The third-order valence-electron chi connectivity index (χ3n) is 2.38. The highest BCUT2D eigenvalue weighted by atomic mass is 16.5. The highest BCUT2D eigenvalue weighted by molar-refractivity contribution is 5.73. The summed E-state index contributed by atoms with van der Waals surface area (Å²) in [7, 11) is 3.18. The molecule has 0 aliphatic carbocycles. The molecule has 2 N–H and O–H groups in total. The van der Waals surface area contributed by atoms with Crippen LogP contribution in [0.5, 0.6) is 11.5 Å². The first-order valence-corrected chi connectivity index (χ1v) is 5.35. The predicted molar refractivity (Wildman–Crippen MR) is 63.6 cm³/mol. The highest BCUT2D eigenvalue weighted by Gasteiger charge is 2.14. The maximum absolute atomic E-state index is 10.8. The Morgan fingerprint density at radius 1 is 1.41 bits per heavy atom. The van der Waals surface area contributed by atoms with E-state index in [1.807, 2.05) is 12.1 Å². The molecule has 0 amide bonds. The molecular weight excluding hydrogens is 222 g/mol. The molecule has 1 rings (SSSR count). The molecular formula is C12H17NO4. The lowest BCUT2D eigenvalue weighted by Crippen LogP contribution is -2.35. The average Bonchev–Trinajstić information content (AvgIpc) is 2.34. The lowest BCUT2D eigenvalue weighted by molar-refractivity contribution is -0.139. The number of rotatable bonds is 7. The minimum atomic E-state index is -0.879. The molecule has 17 heavy (non-hydrogen) atoms. The third kappa shape index (κ3) is 3.96. The molecule has 5 nitrogen and oxygen atoms in total. The number of para-hydroxylation sites is 2. The van der Waals surface area contributed by atoms with Gasteiger partial charge in [0.2, 0.25) is 0 Å². The summed E-state index contributed by atoms with van der Waals surface area (Å²) in [5.74, 6) is 0.384. The third-order valence-corrected chi connectivity index (χ3v) is 2.38. The summed E-state index contributed by atoms with van der Waals surface area (Å²) in [4.78, 5) is 10.8. The normalized spacial score (nSPS) is 11.9. The van der Waals surface area contributed by atoms with Crippen molar-refractivity contribution in [2.75, 3.05) is 20.8 Å². The Kier molecular flexibility index (Phi) is 5.29. The van der Waals surface area contributed by atoms with E-state index in [1.165, 1.54) is 0 Å². The molecule has 0 radical (unpaired) electrons. The largest absolute Gasteiger partial charge is 0.493 e. The summed E-state index contributed by atoms with van der Waals surface area (Å²) in [6.45, 7) is 0.318. The zero-order valence-electron chi connectivity index (χ0n) is 9.97. The topological polar surface area (TPSA) is 67.8 Å². The van der Waals surface area contributed by atoms with E-state index in [0.717, 1.165) is 0 Å². The van der Waals surface area contributed by atoms with Gasteiger partial charge in [-0.1, -0.05) is 12.1 Å². The molecule has 1 aromatic rings. The van der Waals surface area contributed by atoms with Crippen molar-refractivity contribution in [1.29, 1.82) is 0 Å². The summed E-state index contributed by atoms with van der Waals surface area (Å²) in [6, 6.07) is 6.67. The molecule has 0 saturated heterocycles. The Labute approximate surface area is 100 Å². The number of methoxy groups -OCH3 is 1. The summed E-state index contributed by atoms with van der Waals surface area (Å²) in [5.41, 5.74) is 0. The van der Waals surface area contributed by atoms with Gasteiger partial charge in [0.15, 0.2) is 11.5 Å². The number of carboxylic acids is 1. The van der Waals surface area contributed by atoms with E-state index in [0.29, 0.717) is 24.5 Å². The second-order valence-corrected chi connectivity index (χ2v) is 3.47. The van der Waals surface area contributed by atoms with Crippen molar-refractivity contribution in [1.82, 2.24) is 5.32 Å². The molecule has 94 valence electrons. The van der Waals surface area contributed by atoms with Crippen molar-refractivity contribution in [2.24, 2.45) is 0 Å². The quantitative estimate of drug-likeness (QED) is 0.746. The van der Waals surface area contributed by atoms with Crippen LogP contribution in [0.3, 0.4) is 0 Å². The van der Waals surface area contributed by atoms with Crippen LogP contribution in [0, 0.1) is 0 Å². The molecule has 1 aromatic carbocycles. The standard InChI is InChI=1S/C12H17NO4/c1-13-9(12(14)15)7-8-17-11-6-4-3-5-10(11)16-2/h3-6,9,13H,7-8H2,1-2H3,(H,14,15). The number of hydrogen-bond donors (Lipinski definition) is 2. The van der Waals surface area contributed by atoms with Crippen molar-refractivity contribution in [3.05, 3.63) is 24.3 Å². The van der Waals surface area contributed by atoms with Crippen LogP contribution in [-0.2, 0) is 4.79 Å². The SMILES string of the molecule is CNC(CCOc1ccccc1OC)C(=O)O. The number of benzene rings is 1. The highest BCUT2D eigenvalue weighted by Crippen LogP contribution is 2.25. The number of hydrogen-bond acceptors (Lipinski definition) is 4. The van der Waals surface area contributed by atoms with E-state index in [1.54, 1.807) is 26.3 Å². The smallest absolute Gasteiger partial charge is 0.320 e. The first-order valence-electron chi connectivity index (χ1n) is 5.35. The van der Waals surface area contributed by atoms with Gasteiger partial charge >= 0.3 is 5.97 Å². The Balaban J connectivity index is 2.47. The number of likely N-dealkylation sites (N-methyl/N-ethyl adjacent to an activating group) is 1. The van der Waals surface area contributed by atoms with E-state index in [9.17, 15) is 4.79 Å². The molecule has 0 saturated carbocycles. The van der Waals surface area contributed by atoms with Crippen molar-refractivity contribution >= 4 is 5.97 Å². The number of nitrogens with one attached hydrogen (secondary N) is 1. The average molecular weight is 239 g/mol. The van der Waals surface area contributed by atoms with Gasteiger partial charge in [-0.25, -0.2) is 0 Å². The van der Waals surface area contributed by atoms with E-state index < -0.39 is 12.0 Å². The van der Waals surface area contributed by atoms with Crippen LogP contribution < -0.4 is 14.8 Å². The minimum absolute atomic E-state index is 0.318. The van der Waals surface area contributed by atoms with E-state index in [-0.39, 0.29) is 0 Å². The molecule has 0 fully saturated rings. The van der Waals surface area contributed by atoms with Gasteiger partial charge in [-0.15, -0.1) is 0 Å². The molecule has 0 aliphatic rings. The van der Waals surface area contributed by atoms with Crippen molar-refractivity contribution in [2.45, 2.75) is 12.5 Å². The second-order valence-electron chi connectivity index (χ2n) is 3.47. The molecule has 0 aromatic heterocycles. The Hall–Kier alpha value is -1.75. The molecule has 0 heterocycles. The van der Waals surface area contributed by atoms with Gasteiger partial charge < -0.3 is 19.9 Å². The molecule has 5 heteroatoms. The van der Waals surface area contributed by atoms with E-state index in [4.69, 9.17) is 14.6 Å². The fourth-order valence-corrected chi connectivity index (χ4v) is 1.42. The van der Waals surface area contributed by atoms with Crippen molar-refractivity contribution in [3.8, 4) is 11.5 Å². The van der Waals surface area contributed by atoms with E-state index >= 15 is 0 Å². The first kappa shape index (κ1) is 13.3. The maximum atomic E-state index is 10.8. The fraction of sp³-hybridized carbons (Fsp3) is 0.417. The second kappa shape index (κ2) is 6.75. The maximum Gasteiger partial charge on any atom is 0.320 e. The van der Waals surface area contributed by atoms with Crippen molar-refractivity contribution in [3.63, 3.8) is 0 Å².